The number of carbonyl (C=O) groups excluding carboxylic acids is 1. The van der Waals surface area contributed by atoms with Gasteiger partial charge in [-0.1, -0.05) is 37.5 Å². The standard InChI is InChI=1S/C21H24N4OS/c1-14-18(15(2)25(23-14)17-11-7-4-8-12-17)13-19-20(26)24(21(27)22-19)16-9-5-3-6-10-16/h4,7-8,11-13,16H,3,5-6,9-10H2,1-2H3,(H,22,27)/b19-13+. The third-order valence-corrected chi connectivity index (χ3v) is 5.78. The zero-order valence-electron chi connectivity index (χ0n) is 15.7. The van der Waals surface area contributed by atoms with Gasteiger partial charge in [-0.3, -0.25) is 9.69 Å². The molecule has 2 aliphatic rings. The van der Waals surface area contributed by atoms with Crippen molar-refractivity contribution in [2.75, 3.05) is 0 Å². The van der Waals surface area contributed by atoms with E-state index in [9.17, 15) is 4.79 Å². The highest BCUT2D eigenvalue weighted by atomic mass is 32.1. The van der Waals surface area contributed by atoms with E-state index in [1.165, 1.54) is 6.42 Å². The van der Waals surface area contributed by atoms with E-state index < -0.39 is 0 Å². The second kappa shape index (κ2) is 7.27. The summed E-state index contributed by atoms with van der Waals surface area (Å²) in [6.45, 7) is 3.99. The first-order valence-electron chi connectivity index (χ1n) is 9.54. The van der Waals surface area contributed by atoms with Gasteiger partial charge in [0.15, 0.2) is 5.11 Å². The fraction of sp³-hybridized carbons (Fsp3) is 0.381. The van der Waals surface area contributed by atoms with Gasteiger partial charge in [0.2, 0.25) is 0 Å². The smallest absolute Gasteiger partial charge is 0.276 e. The summed E-state index contributed by atoms with van der Waals surface area (Å²) in [5.74, 6) is -0.0156. The molecule has 2 fully saturated rings. The maximum atomic E-state index is 13.0. The summed E-state index contributed by atoms with van der Waals surface area (Å²) in [6, 6.07) is 10.2. The van der Waals surface area contributed by atoms with Crippen LogP contribution in [0.25, 0.3) is 11.8 Å². The van der Waals surface area contributed by atoms with Crippen LogP contribution in [-0.4, -0.2) is 31.7 Å². The van der Waals surface area contributed by atoms with Gasteiger partial charge in [-0.2, -0.15) is 5.10 Å². The zero-order chi connectivity index (χ0) is 19.0. The summed E-state index contributed by atoms with van der Waals surface area (Å²) >= 11 is 5.47. The molecule has 1 aromatic carbocycles. The van der Waals surface area contributed by atoms with Crippen LogP contribution in [-0.2, 0) is 4.79 Å². The lowest BCUT2D eigenvalue weighted by Gasteiger charge is -2.29. The Kier molecular flexibility index (Phi) is 4.83. The normalized spacial score (nSPS) is 19.8. The third kappa shape index (κ3) is 3.30. The van der Waals surface area contributed by atoms with Crippen LogP contribution < -0.4 is 5.32 Å². The van der Waals surface area contributed by atoms with Gasteiger partial charge >= 0.3 is 0 Å². The molecule has 1 aliphatic heterocycles. The van der Waals surface area contributed by atoms with E-state index in [4.69, 9.17) is 12.2 Å². The molecule has 27 heavy (non-hydrogen) atoms. The topological polar surface area (TPSA) is 50.2 Å². The van der Waals surface area contributed by atoms with Crippen LogP contribution in [0.3, 0.4) is 0 Å². The molecule has 0 radical (unpaired) electrons. The van der Waals surface area contributed by atoms with E-state index in [2.05, 4.69) is 10.4 Å². The van der Waals surface area contributed by atoms with Gasteiger partial charge < -0.3 is 5.32 Å². The van der Waals surface area contributed by atoms with Crippen molar-refractivity contribution in [3.05, 3.63) is 53.0 Å². The minimum absolute atomic E-state index is 0.0156. The first-order valence-corrected chi connectivity index (χ1v) is 9.95. The maximum Gasteiger partial charge on any atom is 0.276 e. The molecule has 4 rings (SSSR count). The average molecular weight is 381 g/mol. The van der Waals surface area contributed by atoms with Crippen molar-refractivity contribution >= 4 is 29.3 Å². The summed E-state index contributed by atoms with van der Waals surface area (Å²) in [6.07, 6.45) is 7.54. The number of hydrogen-bond acceptors (Lipinski definition) is 3. The quantitative estimate of drug-likeness (QED) is 0.649. The van der Waals surface area contributed by atoms with E-state index in [0.717, 1.165) is 48.3 Å². The lowest BCUT2D eigenvalue weighted by molar-refractivity contribution is -0.124. The van der Waals surface area contributed by atoms with Crippen LogP contribution in [0, 0.1) is 13.8 Å². The van der Waals surface area contributed by atoms with Crippen LogP contribution in [0.5, 0.6) is 0 Å². The van der Waals surface area contributed by atoms with Gasteiger partial charge in [-0.25, -0.2) is 4.68 Å². The monoisotopic (exact) mass is 380 g/mol. The van der Waals surface area contributed by atoms with Crippen molar-refractivity contribution in [3.63, 3.8) is 0 Å². The Labute approximate surface area is 165 Å². The van der Waals surface area contributed by atoms with Crippen LogP contribution in [0.4, 0.5) is 0 Å². The van der Waals surface area contributed by atoms with Crippen molar-refractivity contribution in [2.45, 2.75) is 52.0 Å². The van der Waals surface area contributed by atoms with Crippen LogP contribution in [0.15, 0.2) is 36.0 Å². The average Bonchev–Trinajstić information content (AvgIpc) is 3.13. The van der Waals surface area contributed by atoms with E-state index in [1.54, 1.807) is 4.90 Å². The van der Waals surface area contributed by atoms with Crippen LogP contribution in [0.1, 0.15) is 49.1 Å². The highest BCUT2D eigenvalue weighted by Crippen LogP contribution is 2.28. The molecule has 0 bridgehead atoms. The highest BCUT2D eigenvalue weighted by Gasteiger charge is 2.36. The fourth-order valence-electron chi connectivity index (χ4n) is 4.05. The van der Waals surface area contributed by atoms with Crippen molar-refractivity contribution in [3.8, 4) is 5.69 Å². The number of nitrogens with one attached hydrogen (secondary N) is 1. The molecule has 1 aliphatic carbocycles. The summed E-state index contributed by atoms with van der Waals surface area (Å²) in [5.41, 5.74) is 4.41. The molecule has 140 valence electrons. The Bertz CT molecular complexity index is 910. The molecular weight excluding hydrogens is 356 g/mol. The molecule has 1 amide bonds. The minimum atomic E-state index is -0.0156. The van der Waals surface area contributed by atoms with Crippen molar-refractivity contribution in [1.82, 2.24) is 20.0 Å². The molecule has 2 heterocycles. The SMILES string of the molecule is Cc1nn(-c2ccccc2)c(C)c1/C=C1/NC(=S)N(C2CCCCC2)C1=O. The number of amides is 1. The number of hydrogen-bond donors (Lipinski definition) is 1. The highest BCUT2D eigenvalue weighted by molar-refractivity contribution is 7.80. The van der Waals surface area contributed by atoms with Gasteiger partial charge in [-0.05, 0) is 57.1 Å². The van der Waals surface area contributed by atoms with Crippen LogP contribution >= 0.6 is 12.2 Å². The van der Waals surface area contributed by atoms with Gasteiger partial charge in [0.25, 0.3) is 5.91 Å². The Morgan fingerprint density at radius 1 is 1.15 bits per heavy atom. The second-order valence-electron chi connectivity index (χ2n) is 7.29. The minimum Gasteiger partial charge on any atom is -0.328 e. The molecule has 1 N–H and O–H groups in total. The van der Waals surface area contributed by atoms with Gasteiger partial charge in [0.05, 0.1) is 11.4 Å². The zero-order valence-corrected chi connectivity index (χ0v) is 16.6. The summed E-state index contributed by atoms with van der Waals surface area (Å²) in [7, 11) is 0. The predicted molar refractivity (Wildman–Crippen MR) is 110 cm³/mol. The Hall–Kier alpha value is -2.47. The maximum absolute atomic E-state index is 13.0. The van der Waals surface area contributed by atoms with Crippen LogP contribution in [0.2, 0.25) is 0 Å². The molecule has 6 heteroatoms. The molecule has 2 aromatic rings. The number of thiocarbonyl (C=S) groups is 1. The van der Waals surface area contributed by atoms with E-state index in [0.29, 0.717) is 10.8 Å². The number of benzene rings is 1. The Morgan fingerprint density at radius 3 is 2.56 bits per heavy atom. The molecule has 5 nitrogen and oxygen atoms in total. The lowest BCUT2D eigenvalue weighted by atomic mass is 9.94. The molecule has 0 spiro atoms. The van der Waals surface area contributed by atoms with Gasteiger partial charge in [0.1, 0.15) is 5.70 Å². The largest absolute Gasteiger partial charge is 0.328 e. The third-order valence-electron chi connectivity index (χ3n) is 5.49. The number of aryl methyl sites for hydroxylation is 1. The molecule has 0 unspecified atom stereocenters. The molecular formula is C21H24N4OS. The van der Waals surface area contributed by atoms with E-state index in [-0.39, 0.29) is 11.9 Å². The number of aromatic nitrogens is 2. The number of rotatable bonds is 3. The summed E-state index contributed by atoms with van der Waals surface area (Å²) in [5, 5.41) is 8.33. The molecule has 1 saturated heterocycles. The number of carbonyl (C=O) groups is 1. The van der Waals surface area contributed by atoms with E-state index >= 15 is 0 Å². The Balaban J connectivity index is 1.65. The van der Waals surface area contributed by atoms with Crippen molar-refractivity contribution in [1.29, 1.82) is 0 Å². The molecule has 1 aromatic heterocycles. The fourth-order valence-corrected chi connectivity index (χ4v) is 4.39. The first kappa shape index (κ1) is 17.9. The number of nitrogens with zero attached hydrogens (tertiary/aromatic N) is 3. The summed E-state index contributed by atoms with van der Waals surface area (Å²) in [4.78, 5) is 14.8. The molecule has 0 atom stereocenters. The molecule has 1 saturated carbocycles. The van der Waals surface area contributed by atoms with Crippen molar-refractivity contribution in [2.24, 2.45) is 0 Å². The van der Waals surface area contributed by atoms with Crippen molar-refractivity contribution < 1.29 is 4.79 Å². The summed E-state index contributed by atoms with van der Waals surface area (Å²) < 4.78 is 1.92. The number of para-hydroxylation sites is 1. The van der Waals surface area contributed by atoms with Gasteiger partial charge in [0, 0.05) is 17.3 Å². The predicted octanol–water partition coefficient (Wildman–Crippen LogP) is 3.88. The first-order chi connectivity index (χ1) is 13.1. The van der Waals surface area contributed by atoms with E-state index in [1.807, 2.05) is 54.9 Å². The van der Waals surface area contributed by atoms with Gasteiger partial charge in [-0.15, -0.1) is 0 Å². The lowest BCUT2D eigenvalue weighted by Crippen LogP contribution is -2.41. The Morgan fingerprint density at radius 2 is 1.85 bits per heavy atom. The second-order valence-corrected chi connectivity index (χ2v) is 7.67.